The first-order chi connectivity index (χ1) is 13.3. The summed E-state index contributed by atoms with van der Waals surface area (Å²) in [6, 6.07) is 3.80. The maximum atomic E-state index is 12.1. The van der Waals surface area contributed by atoms with Crippen molar-refractivity contribution in [3.63, 3.8) is 0 Å². The number of carbonyl (C=O) groups is 1. The van der Waals surface area contributed by atoms with Gasteiger partial charge in [0.2, 0.25) is 5.91 Å². The highest BCUT2D eigenvalue weighted by Crippen LogP contribution is 2.34. The van der Waals surface area contributed by atoms with E-state index < -0.39 is 5.60 Å². The summed E-state index contributed by atoms with van der Waals surface area (Å²) in [5.41, 5.74) is 1.02. The molecule has 4 rings (SSSR count). The molecule has 2 aliphatic rings. The lowest BCUT2D eigenvalue weighted by molar-refractivity contribution is -0.115. The molecule has 0 bridgehead atoms. The molecule has 8 nitrogen and oxygen atoms in total. The van der Waals surface area contributed by atoms with Crippen LogP contribution >= 0.6 is 0 Å². The molecular weight excluding hydrogens is 358 g/mol. The molecule has 0 atom stereocenters. The molecule has 28 heavy (non-hydrogen) atoms. The summed E-state index contributed by atoms with van der Waals surface area (Å²) in [7, 11) is 0. The molecule has 8 heteroatoms. The zero-order valence-electron chi connectivity index (χ0n) is 16.1. The summed E-state index contributed by atoms with van der Waals surface area (Å²) in [4.78, 5) is 27.7. The molecule has 1 saturated carbocycles. The second-order valence-electron chi connectivity index (χ2n) is 8.06. The highest BCUT2D eigenvalue weighted by atomic mass is 16.3. The lowest BCUT2D eigenvalue weighted by Crippen LogP contribution is -2.47. The summed E-state index contributed by atoms with van der Waals surface area (Å²) < 4.78 is 0. The quantitative estimate of drug-likeness (QED) is 0.741. The van der Waals surface area contributed by atoms with Gasteiger partial charge in [0, 0.05) is 17.8 Å². The molecular formula is C20H25N5O3. The third-order valence-corrected chi connectivity index (χ3v) is 5.39. The third kappa shape index (κ3) is 3.70. The largest absolute Gasteiger partial charge is 0.393 e. The van der Waals surface area contributed by atoms with Gasteiger partial charge in [-0.3, -0.25) is 9.78 Å². The van der Waals surface area contributed by atoms with E-state index in [-0.39, 0.29) is 24.6 Å². The van der Waals surface area contributed by atoms with Crippen LogP contribution in [-0.4, -0.2) is 49.8 Å². The molecule has 2 aromatic rings. The Morgan fingerprint density at radius 3 is 2.54 bits per heavy atom. The fourth-order valence-corrected chi connectivity index (χ4v) is 3.79. The SMILES string of the molecule is CC(C)(O)c1ccc(-c2cnc3c(n2)N([C@H]2CC[C@H](O)CC2)CC(=O)N3)cn1. The van der Waals surface area contributed by atoms with E-state index in [0.29, 0.717) is 23.0 Å². The summed E-state index contributed by atoms with van der Waals surface area (Å²) in [5.74, 6) is 1.02. The van der Waals surface area contributed by atoms with Gasteiger partial charge in [-0.05, 0) is 51.7 Å². The summed E-state index contributed by atoms with van der Waals surface area (Å²) in [5, 5.41) is 22.7. The van der Waals surface area contributed by atoms with Crippen LogP contribution in [0.4, 0.5) is 11.6 Å². The molecule has 3 N–H and O–H groups in total. The number of aliphatic hydroxyl groups is 2. The van der Waals surface area contributed by atoms with Crippen molar-refractivity contribution in [2.75, 3.05) is 16.8 Å². The van der Waals surface area contributed by atoms with Crippen molar-refractivity contribution in [2.24, 2.45) is 0 Å². The van der Waals surface area contributed by atoms with Gasteiger partial charge in [0.1, 0.15) is 5.60 Å². The van der Waals surface area contributed by atoms with E-state index in [1.165, 1.54) is 0 Å². The van der Waals surface area contributed by atoms with E-state index >= 15 is 0 Å². The second-order valence-corrected chi connectivity index (χ2v) is 8.06. The van der Waals surface area contributed by atoms with Gasteiger partial charge in [-0.2, -0.15) is 0 Å². The van der Waals surface area contributed by atoms with Crippen LogP contribution in [0.1, 0.15) is 45.2 Å². The fourth-order valence-electron chi connectivity index (χ4n) is 3.79. The number of rotatable bonds is 3. The highest BCUT2D eigenvalue weighted by Gasteiger charge is 2.33. The first-order valence-corrected chi connectivity index (χ1v) is 9.62. The molecule has 148 valence electrons. The topological polar surface area (TPSA) is 111 Å². The van der Waals surface area contributed by atoms with E-state index in [0.717, 1.165) is 31.2 Å². The number of pyridine rings is 1. The van der Waals surface area contributed by atoms with E-state index in [2.05, 4.69) is 15.3 Å². The van der Waals surface area contributed by atoms with Gasteiger partial charge < -0.3 is 20.4 Å². The average Bonchev–Trinajstić information content (AvgIpc) is 2.67. The normalized spacial score (nSPS) is 22.6. The standard InChI is InChI=1S/C20H25N5O3/c1-20(2,28)16-8-3-12(9-21-16)15-10-22-18-19(23-15)25(11-17(27)24-18)13-4-6-14(26)7-5-13/h3,8-10,13-14,26,28H,4-7,11H2,1-2H3,(H,22,24,27)/t13-,14-. The third-order valence-electron chi connectivity index (χ3n) is 5.39. The lowest BCUT2D eigenvalue weighted by Gasteiger charge is -2.38. The van der Waals surface area contributed by atoms with Crippen LogP contribution in [-0.2, 0) is 10.4 Å². The summed E-state index contributed by atoms with van der Waals surface area (Å²) in [6.07, 6.45) is 6.14. The number of nitrogens with one attached hydrogen (secondary N) is 1. The molecule has 1 fully saturated rings. The monoisotopic (exact) mass is 383 g/mol. The highest BCUT2D eigenvalue weighted by molar-refractivity contribution is 5.99. The smallest absolute Gasteiger partial charge is 0.245 e. The van der Waals surface area contributed by atoms with Crippen molar-refractivity contribution < 1.29 is 15.0 Å². The van der Waals surface area contributed by atoms with E-state index in [9.17, 15) is 15.0 Å². The van der Waals surface area contributed by atoms with Crippen LogP contribution in [0.15, 0.2) is 24.5 Å². The molecule has 2 aromatic heterocycles. The minimum absolute atomic E-state index is 0.100. The number of aromatic nitrogens is 3. The van der Waals surface area contributed by atoms with Crippen molar-refractivity contribution in [1.29, 1.82) is 0 Å². The van der Waals surface area contributed by atoms with Gasteiger partial charge in [-0.25, -0.2) is 9.97 Å². The van der Waals surface area contributed by atoms with Gasteiger partial charge in [0.25, 0.3) is 0 Å². The number of hydrogen-bond acceptors (Lipinski definition) is 7. The van der Waals surface area contributed by atoms with Gasteiger partial charge in [0.15, 0.2) is 11.6 Å². The molecule has 0 spiro atoms. The van der Waals surface area contributed by atoms with Crippen molar-refractivity contribution in [3.8, 4) is 11.3 Å². The Bertz CT molecular complexity index is 870. The van der Waals surface area contributed by atoms with Crippen molar-refractivity contribution >= 4 is 17.5 Å². The predicted molar refractivity (Wildman–Crippen MR) is 105 cm³/mol. The second kappa shape index (κ2) is 7.10. The maximum absolute atomic E-state index is 12.1. The molecule has 3 heterocycles. The van der Waals surface area contributed by atoms with Gasteiger partial charge in [-0.15, -0.1) is 0 Å². The number of carbonyl (C=O) groups excluding carboxylic acids is 1. The number of aliphatic hydroxyl groups excluding tert-OH is 1. The maximum Gasteiger partial charge on any atom is 0.245 e. The minimum atomic E-state index is -1.01. The average molecular weight is 383 g/mol. The van der Waals surface area contributed by atoms with Gasteiger partial charge >= 0.3 is 0 Å². The summed E-state index contributed by atoms with van der Waals surface area (Å²) in [6.45, 7) is 3.62. The van der Waals surface area contributed by atoms with Crippen molar-refractivity contribution in [3.05, 3.63) is 30.2 Å². The van der Waals surface area contributed by atoms with Crippen LogP contribution < -0.4 is 10.2 Å². The first kappa shape index (κ1) is 18.8. The Morgan fingerprint density at radius 1 is 1.14 bits per heavy atom. The minimum Gasteiger partial charge on any atom is -0.393 e. The Kier molecular flexibility index (Phi) is 4.76. The molecule has 1 aliphatic carbocycles. The molecule has 1 amide bonds. The van der Waals surface area contributed by atoms with E-state index in [4.69, 9.17) is 4.98 Å². The molecule has 0 radical (unpaired) electrons. The van der Waals surface area contributed by atoms with Crippen LogP contribution in [0.25, 0.3) is 11.3 Å². The van der Waals surface area contributed by atoms with Crippen molar-refractivity contribution in [2.45, 2.75) is 57.3 Å². The first-order valence-electron chi connectivity index (χ1n) is 9.62. The Balaban J connectivity index is 1.66. The predicted octanol–water partition coefficient (Wildman–Crippen LogP) is 1.83. The number of amides is 1. The van der Waals surface area contributed by atoms with Crippen molar-refractivity contribution in [1.82, 2.24) is 15.0 Å². The van der Waals surface area contributed by atoms with Crippen LogP contribution in [0, 0.1) is 0 Å². The number of nitrogens with zero attached hydrogens (tertiary/aromatic N) is 4. The molecule has 0 aromatic carbocycles. The van der Waals surface area contributed by atoms with E-state index in [1.54, 1.807) is 32.3 Å². The van der Waals surface area contributed by atoms with Crippen LogP contribution in [0.2, 0.25) is 0 Å². The molecule has 1 aliphatic heterocycles. The van der Waals surface area contributed by atoms with Crippen LogP contribution in [0.5, 0.6) is 0 Å². The Hall–Kier alpha value is -2.58. The number of fused-ring (bicyclic) bond motifs is 1. The Labute approximate surface area is 163 Å². The zero-order chi connectivity index (χ0) is 19.9. The number of anilines is 2. The summed E-state index contributed by atoms with van der Waals surface area (Å²) >= 11 is 0. The van der Waals surface area contributed by atoms with E-state index in [1.807, 2.05) is 11.0 Å². The fraction of sp³-hybridized carbons (Fsp3) is 0.500. The van der Waals surface area contributed by atoms with Crippen LogP contribution in [0.3, 0.4) is 0 Å². The molecule has 0 saturated heterocycles. The Morgan fingerprint density at radius 2 is 1.89 bits per heavy atom. The van der Waals surface area contributed by atoms with Gasteiger partial charge in [0.05, 0.1) is 30.2 Å². The van der Waals surface area contributed by atoms with Gasteiger partial charge in [-0.1, -0.05) is 0 Å². The lowest BCUT2D eigenvalue weighted by atomic mass is 9.91. The number of hydrogen-bond donors (Lipinski definition) is 3. The zero-order valence-corrected chi connectivity index (χ0v) is 16.1. The molecule has 0 unspecified atom stereocenters.